The molecule has 0 aliphatic rings. The van der Waals surface area contributed by atoms with Crippen LogP contribution in [0.1, 0.15) is 48.4 Å². The summed E-state index contributed by atoms with van der Waals surface area (Å²) < 4.78 is 5.72. The van der Waals surface area contributed by atoms with E-state index in [1.54, 1.807) is 31.1 Å². The van der Waals surface area contributed by atoms with Crippen LogP contribution in [0.15, 0.2) is 47.7 Å². The standard InChI is InChI=1S/C28H29BrN12O5/c1-15(29)24(42)34-22-12-21(41(5)36-22)28(46)35-23-11-20(40(4)37-23)27(45)33-17-10-19(39(3)14-17)26(44)32-16-9-18(38(2)13-16)25(43)31-8-6-7-30/h9-14H,1,6,8H2,2-5H3,(H,31,43)(H,32,44)(H,33,45)(H,34,36,42)(H,35,37,46). The molecule has 46 heavy (non-hydrogen) atoms. The minimum atomic E-state index is -0.581. The molecule has 18 heteroatoms. The molecule has 0 aliphatic heterocycles. The van der Waals surface area contributed by atoms with Crippen molar-refractivity contribution in [1.82, 2.24) is 34.0 Å². The number of anilines is 4. The first-order valence-corrected chi connectivity index (χ1v) is 14.2. The topological polar surface area (TPSA) is 215 Å². The third kappa shape index (κ3) is 7.57. The summed E-state index contributed by atoms with van der Waals surface area (Å²) in [6, 6.07) is 7.69. The van der Waals surface area contributed by atoms with Gasteiger partial charge in [0.15, 0.2) is 11.6 Å². The quantitative estimate of drug-likeness (QED) is 0.116. The number of aryl methyl sites for hydroxylation is 4. The molecule has 5 amide bonds. The molecule has 4 aromatic rings. The Morgan fingerprint density at radius 3 is 1.70 bits per heavy atom. The van der Waals surface area contributed by atoms with Crippen LogP contribution in [0.3, 0.4) is 0 Å². The van der Waals surface area contributed by atoms with E-state index in [9.17, 15) is 24.0 Å². The molecule has 0 bridgehead atoms. The van der Waals surface area contributed by atoms with Gasteiger partial charge in [0.1, 0.15) is 22.8 Å². The molecule has 17 nitrogen and oxygen atoms in total. The first-order chi connectivity index (χ1) is 21.8. The van der Waals surface area contributed by atoms with Gasteiger partial charge in [0.2, 0.25) is 0 Å². The highest BCUT2D eigenvalue weighted by Gasteiger charge is 2.21. The van der Waals surface area contributed by atoms with E-state index in [1.165, 1.54) is 52.3 Å². The number of hydrogen-bond donors (Lipinski definition) is 5. The Labute approximate surface area is 270 Å². The van der Waals surface area contributed by atoms with Gasteiger partial charge in [-0.15, -0.1) is 0 Å². The maximum Gasteiger partial charge on any atom is 0.275 e. The van der Waals surface area contributed by atoms with Crippen molar-refractivity contribution in [3.05, 3.63) is 70.5 Å². The third-order valence-corrected chi connectivity index (χ3v) is 6.83. The van der Waals surface area contributed by atoms with Gasteiger partial charge < -0.3 is 35.7 Å². The van der Waals surface area contributed by atoms with Gasteiger partial charge in [-0.05, 0) is 28.1 Å². The van der Waals surface area contributed by atoms with Crippen LogP contribution in [-0.2, 0) is 33.0 Å². The Morgan fingerprint density at radius 2 is 1.20 bits per heavy atom. The van der Waals surface area contributed by atoms with Crippen molar-refractivity contribution >= 4 is 68.5 Å². The molecule has 0 radical (unpaired) electrons. The highest BCUT2D eigenvalue weighted by Crippen LogP contribution is 2.19. The zero-order valence-electron chi connectivity index (χ0n) is 25.1. The number of nitriles is 1. The maximum atomic E-state index is 13.1. The van der Waals surface area contributed by atoms with Crippen molar-refractivity contribution in [2.24, 2.45) is 28.2 Å². The molecule has 0 fully saturated rings. The number of halogens is 1. The lowest BCUT2D eigenvalue weighted by molar-refractivity contribution is -0.112. The molecular formula is C28H29BrN12O5. The summed E-state index contributed by atoms with van der Waals surface area (Å²) in [5.41, 5.74) is 1.47. The largest absolute Gasteiger partial charge is 0.350 e. The van der Waals surface area contributed by atoms with E-state index in [-0.39, 0.29) is 52.1 Å². The van der Waals surface area contributed by atoms with Crippen molar-refractivity contribution < 1.29 is 24.0 Å². The maximum absolute atomic E-state index is 13.1. The summed E-state index contributed by atoms with van der Waals surface area (Å²) in [7, 11) is 6.33. The predicted octanol–water partition coefficient (Wildman–Crippen LogP) is 2.08. The summed E-state index contributed by atoms with van der Waals surface area (Å²) in [6.07, 6.45) is 3.30. The number of aromatic nitrogens is 6. The zero-order valence-corrected chi connectivity index (χ0v) is 26.7. The van der Waals surface area contributed by atoms with E-state index >= 15 is 0 Å². The Hall–Kier alpha value is -5.96. The number of amides is 5. The second-order valence-corrected chi connectivity index (χ2v) is 10.9. The Bertz CT molecular complexity index is 1920. The van der Waals surface area contributed by atoms with Crippen LogP contribution in [0.25, 0.3) is 0 Å². The van der Waals surface area contributed by atoms with E-state index in [2.05, 4.69) is 59.3 Å². The fourth-order valence-corrected chi connectivity index (χ4v) is 4.38. The van der Waals surface area contributed by atoms with Gasteiger partial charge in [0.25, 0.3) is 29.5 Å². The molecule has 4 heterocycles. The third-order valence-electron chi connectivity index (χ3n) is 6.47. The van der Waals surface area contributed by atoms with Crippen molar-refractivity contribution in [1.29, 1.82) is 5.26 Å². The number of nitrogens with zero attached hydrogens (tertiary/aromatic N) is 7. The van der Waals surface area contributed by atoms with Crippen LogP contribution in [0, 0.1) is 11.3 Å². The summed E-state index contributed by atoms with van der Waals surface area (Å²) in [6.45, 7) is 3.68. The Morgan fingerprint density at radius 1 is 0.739 bits per heavy atom. The lowest BCUT2D eigenvalue weighted by Crippen LogP contribution is -2.25. The van der Waals surface area contributed by atoms with Crippen LogP contribution in [0.5, 0.6) is 0 Å². The van der Waals surface area contributed by atoms with Crippen molar-refractivity contribution in [2.45, 2.75) is 6.42 Å². The van der Waals surface area contributed by atoms with E-state index in [0.717, 1.165) is 0 Å². The van der Waals surface area contributed by atoms with Crippen molar-refractivity contribution in [3.63, 3.8) is 0 Å². The van der Waals surface area contributed by atoms with Crippen LogP contribution in [-0.4, -0.2) is 64.8 Å². The Balaban J connectivity index is 1.39. The molecule has 0 spiro atoms. The minimum Gasteiger partial charge on any atom is -0.350 e. The lowest BCUT2D eigenvalue weighted by atomic mass is 10.3. The van der Waals surface area contributed by atoms with Gasteiger partial charge >= 0.3 is 0 Å². The number of hydrogen-bond acceptors (Lipinski definition) is 8. The lowest BCUT2D eigenvalue weighted by Gasteiger charge is -2.03. The molecule has 0 unspecified atom stereocenters. The molecule has 4 rings (SSSR count). The number of nitrogens with one attached hydrogen (secondary N) is 5. The molecule has 0 aliphatic carbocycles. The van der Waals surface area contributed by atoms with Crippen LogP contribution in [0.4, 0.5) is 23.0 Å². The summed E-state index contributed by atoms with van der Waals surface area (Å²) >= 11 is 2.97. The van der Waals surface area contributed by atoms with Gasteiger partial charge in [-0.3, -0.25) is 33.3 Å². The average molecular weight is 694 g/mol. The van der Waals surface area contributed by atoms with E-state index in [0.29, 0.717) is 17.1 Å². The molecule has 5 N–H and O–H groups in total. The highest BCUT2D eigenvalue weighted by atomic mass is 79.9. The predicted molar refractivity (Wildman–Crippen MR) is 170 cm³/mol. The minimum absolute atomic E-state index is 0.0902. The SMILES string of the molecule is C=C(Br)C(=O)Nc1cc(C(=O)Nc2cc(C(=O)Nc3cc(C(=O)Nc4cc(C(=O)NCCC#N)n(C)c4)n(C)c3)n(C)n2)n(C)n1. The number of carbonyl (C=O) groups excluding carboxylic acids is 5. The van der Waals surface area contributed by atoms with Gasteiger partial charge in [0.05, 0.1) is 28.3 Å². The van der Waals surface area contributed by atoms with Crippen molar-refractivity contribution in [2.75, 3.05) is 27.8 Å². The average Bonchev–Trinajstić information content (AvgIpc) is 3.74. The molecule has 238 valence electrons. The van der Waals surface area contributed by atoms with Gasteiger partial charge in [0, 0.05) is 59.3 Å². The van der Waals surface area contributed by atoms with E-state index in [1.807, 2.05) is 6.07 Å². The van der Waals surface area contributed by atoms with Crippen LogP contribution >= 0.6 is 15.9 Å². The van der Waals surface area contributed by atoms with Gasteiger partial charge in [-0.2, -0.15) is 15.5 Å². The van der Waals surface area contributed by atoms with E-state index in [4.69, 9.17) is 5.26 Å². The molecule has 0 aromatic carbocycles. The highest BCUT2D eigenvalue weighted by molar-refractivity contribution is 9.12. The van der Waals surface area contributed by atoms with Crippen LogP contribution < -0.4 is 26.6 Å². The second-order valence-electron chi connectivity index (χ2n) is 9.91. The van der Waals surface area contributed by atoms with Gasteiger partial charge in [-0.1, -0.05) is 6.58 Å². The van der Waals surface area contributed by atoms with Crippen LogP contribution in [0.2, 0.25) is 0 Å². The summed E-state index contributed by atoms with van der Waals surface area (Å²) in [5, 5.41) is 30.1. The second kappa shape index (κ2) is 13.8. The molecule has 0 saturated heterocycles. The molecule has 0 atom stereocenters. The van der Waals surface area contributed by atoms with Crippen molar-refractivity contribution in [3.8, 4) is 6.07 Å². The first kappa shape index (κ1) is 32.9. The smallest absolute Gasteiger partial charge is 0.275 e. The normalized spacial score (nSPS) is 10.5. The fraction of sp³-hybridized carbons (Fsp3) is 0.214. The first-order valence-electron chi connectivity index (χ1n) is 13.4. The van der Waals surface area contributed by atoms with Gasteiger partial charge in [-0.25, -0.2) is 0 Å². The number of carbonyl (C=O) groups is 5. The van der Waals surface area contributed by atoms with E-state index < -0.39 is 23.6 Å². The molecule has 4 aromatic heterocycles. The monoisotopic (exact) mass is 692 g/mol. The summed E-state index contributed by atoms with van der Waals surface area (Å²) in [5.74, 6) is -2.28. The molecular weight excluding hydrogens is 664 g/mol. The Kier molecular flexibility index (Phi) is 9.87. The number of rotatable bonds is 11. The fourth-order valence-electron chi connectivity index (χ4n) is 4.28. The molecule has 0 saturated carbocycles. The zero-order chi connectivity index (χ0) is 33.7. The summed E-state index contributed by atoms with van der Waals surface area (Å²) in [4.78, 5) is 63.1.